The number of aliphatic hydroxyl groups excluding tert-OH is 1. The summed E-state index contributed by atoms with van der Waals surface area (Å²) in [5, 5.41) is 9.53. The third kappa shape index (κ3) is 3.04. The van der Waals surface area contributed by atoms with Crippen LogP contribution in [0, 0.1) is 11.7 Å². The number of nitrogens with two attached hydrogens (primary N) is 1. The molecule has 19 heavy (non-hydrogen) atoms. The second-order valence-corrected chi connectivity index (χ2v) is 5.10. The van der Waals surface area contributed by atoms with E-state index in [0.29, 0.717) is 18.8 Å². The first-order chi connectivity index (χ1) is 8.99. The lowest BCUT2D eigenvalue weighted by Crippen LogP contribution is -2.41. The van der Waals surface area contributed by atoms with Crippen LogP contribution in [0.4, 0.5) is 10.1 Å². The lowest BCUT2D eigenvalue weighted by Gasteiger charge is -2.33. The third-order valence-corrected chi connectivity index (χ3v) is 3.75. The molecular formula is C14H19FN2O2. The second-order valence-electron chi connectivity index (χ2n) is 5.10. The number of hydrogen-bond acceptors (Lipinski definition) is 3. The predicted molar refractivity (Wildman–Crippen MR) is 71.1 cm³/mol. The maximum Gasteiger partial charge on any atom is 0.256 e. The van der Waals surface area contributed by atoms with E-state index >= 15 is 0 Å². The van der Waals surface area contributed by atoms with E-state index in [9.17, 15) is 14.3 Å². The Bertz CT molecular complexity index is 469. The molecule has 1 heterocycles. The van der Waals surface area contributed by atoms with Crippen molar-refractivity contribution in [2.75, 3.05) is 18.8 Å². The first kappa shape index (κ1) is 13.8. The summed E-state index contributed by atoms with van der Waals surface area (Å²) in [6.07, 6.45) is 1.17. The maximum atomic E-state index is 13.2. The van der Waals surface area contributed by atoms with Crippen LogP contribution < -0.4 is 5.73 Å². The molecule has 0 aromatic heterocycles. The number of amides is 1. The van der Waals surface area contributed by atoms with Crippen molar-refractivity contribution in [3.63, 3.8) is 0 Å². The molecule has 0 radical (unpaired) electrons. The summed E-state index contributed by atoms with van der Waals surface area (Å²) >= 11 is 0. The first-order valence-corrected chi connectivity index (χ1v) is 6.51. The molecule has 1 unspecified atom stereocenters. The number of carbonyl (C=O) groups is 1. The van der Waals surface area contributed by atoms with Crippen LogP contribution in [-0.2, 0) is 0 Å². The Kier molecular flexibility index (Phi) is 4.04. The highest BCUT2D eigenvalue weighted by Gasteiger charge is 2.26. The van der Waals surface area contributed by atoms with Gasteiger partial charge >= 0.3 is 0 Å². The molecule has 0 bridgehead atoms. The molecule has 2 rings (SSSR count). The molecule has 1 amide bonds. The van der Waals surface area contributed by atoms with E-state index in [-0.39, 0.29) is 23.5 Å². The summed E-state index contributed by atoms with van der Waals surface area (Å²) in [6, 6.07) is 3.83. The van der Waals surface area contributed by atoms with Crippen LogP contribution in [0.3, 0.4) is 0 Å². The van der Waals surface area contributed by atoms with Crippen LogP contribution in [0.25, 0.3) is 0 Å². The Morgan fingerprint density at radius 3 is 2.68 bits per heavy atom. The molecular weight excluding hydrogens is 247 g/mol. The fourth-order valence-corrected chi connectivity index (χ4v) is 2.47. The van der Waals surface area contributed by atoms with E-state index in [2.05, 4.69) is 0 Å². The van der Waals surface area contributed by atoms with Crippen LogP contribution in [0.5, 0.6) is 0 Å². The Morgan fingerprint density at radius 2 is 2.11 bits per heavy atom. The average molecular weight is 266 g/mol. The summed E-state index contributed by atoms with van der Waals surface area (Å²) in [6.45, 7) is 2.92. The number of aliphatic hydroxyl groups is 1. The molecule has 0 spiro atoms. The minimum atomic E-state index is -0.462. The Morgan fingerprint density at radius 1 is 1.47 bits per heavy atom. The highest BCUT2D eigenvalue weighted by Crippen LogP contribution is 2.23. The van der Waals surface area contributed by atoms with Gasteiger partial charge in [-0.15, -0.1) is 0 Å². The van der Waals surface area contributed by atoms with Crippen molar-refractivity contribution < 1.29 is 14.3 Å². The second kappa shape index (κ2) is 5.57. The van der Waals surface area contributed by atoms with Crippen molar-refractivity contribution >= 4 is 11.6 Å². The van der Waals surface area contributed by atoms with E-state index < -0.39 is 5.82 Å². The monoisotopic (exact) mass is 266 g/mol. The number of halogens is 1. The van der Waals surface area contributed by atoms with Gasteiger partial charge in [0.15, 0.2) is 0 Å². The molecule has 5 heteroatoms. The van der Waals surface area contributed by atoms with Gasteiger partial charge in [0, 0.05) is 18.8 Å². The fraction of sp³-hybridized carbons (Fsp3) is 0.500. The van der Waals surface area contributed by atoms with Gasteiger partial charge in [-0.25, -0.2) is 4.39 Å². The standard InChI is InChI=1S/C14H19FN2O2/c1-9(18)10-4-6-17(7-5-10)14(19)12-8-11(15)2-3-13(12)16/h2-3,8-10,18H,4-7,16H2,1H3. The number of nitrogens with zero attached hydrogens (tertiary/aromatic N) is 1. The van der Waals surface area contributed by atoms with Gasteiger partial charge in [0.1, 0.15) is 5.82 Å². The molecule has 1 fully saturated rings. The number of carbonyl (C=O) groups excluding carboxylic acids is 1. The SMILES string of the molecule is CC(O)C1CCN(C(=O)c2cc(F)ccc2N)CC1. The Labute approximate surface area is 112 Å². The fourth-order valence-electron chi connectivity index (χ4n) is 2.47. The lowest BCUT2D eigenvalue weighted by molar-refractivity contribution is 0.0522. The molecule has 1 aromatic carbocycles. The molecule has 0 saturated carbocycles. The first-order valence-electron chi connectivity index (χ1n) is 6.51. The zero-order valence-electron chi connectivity index (χ0n) is 11.0. The average Bonchev–Trinajstić information content (AvgIpc) is 2.41. The lowest BCUT2D eigenvalue weighted by atomic mass is 9.92. The molecule has 104 valence electrons. The summed E-state index contributed by atoms with van der Waals surface area (Å²) in [4.78, 5) is 13.9. The summed E-state index contributed by atoms with van der Waals surface area (Å²) in [7, 11) is 0. The molecule has 4 nitrogen and oxygen atoms in total. The van der Waals surface area contributed by atoms with Gasteiger partial charge in [0.05, 0.1) is 11.7 Å². The minimum Gasteiger partial charge on any atom is -0.398 e. The van der Waals surface area contributed by atoms with Crippen molar-refractivity contribution in [2.24, 2.45) is 5.92 Å². The van der Waals surface area contributed by atoms with E-state index in [1.807, 2.05) is 0 Å². The van der Waals surface area contributed by atoms with Crippen LogP contribution in [0.2, 0.25) is 0 Å². The quantitative estimate of drug-likeness (QED) is 0.800. The van der Waals surface area contributed by atoms with Gasteiger partial charge in [0.25, 0.3) is 5.91 Å². The van der Waals surface area contributed by atoms with Crippen molar-refractivity contribution in [3.05, 3.63) is 29.6 Å². The summed E-state index contributed by atoms with van der Waals surface area (Å²) in [5.74, 6) is -0.466. The van der Waals surface area contributed by atoms with Gasteiger partial charge in [-0.2, -0.15) is 0 Å². The number of hydrogen-bond donors (Lipinski definition) is 2. The molecule has 1 aromatic rings. The number of anilines is 1. The van der Waals surface area contributed by atoms with Crippen LogP contribution in [0.15, 0.2) is 18.2 Å². The Balaban J connectivity index is 2.07. The number of rotatable bonds is 2. The van der Waals surface area contributed by atoms with Gasteiger partial charge in [-0.3, -0.25) is 4.79 Å². The van der Waals surface area contributed by atoms with E-state index in [0.717, 1.165) is 12.8 Å². The largest absolute Gasteiger partial charge is 0.398 e. The number of likely N-dealkylation sites (tertiary alicyclic amines) is 1. The van der Waals surface area contributed by atoms with E-state index in [1.165, 1.54) is 18.2 Å². The molecule has 1 aliphatic heterocycles. The van der Waals surface area contributed by atoms with Crippen molar-refractivity contribution in [1.29, 1.82) is 0 Å². The van der Waals surface area contributed by atoms with Gasteiger partial charge < -0.3 is 15.7 Å². The van der Waals surface area contributed by atoms with Crippen molar-refractivity contribution in [1.82, 2.24) is 4.90 Å². The van der Waals surface area contributed by atoms with Crippen molar-refractivity contribution in [2.45, 2.75) is 25.9 Å². The molecule has 0 aliphatic carbocycles. The van der Waals surface area contributed by atoms with Gasteiger partial charge in [-0.05, 0) is 43.9 Å². The predicted octanol–water partition coefficient (Wildman–Crippen LogP) is 1.64. The normalized spacial score (nSPS) is 18.4. The van der Waals surface area contributed by atoms with Crippen LogP contribution >= 0.6 is 0 Å². The highest BCUT2D eigenvalue weighted by molar-refractivity contribution is 5.99. The molecule has 1 aliphatic rings. The zero-order chi connectivity index (χ0) is 14.0. The molecule has 1 saturated heterocycles. The number of nitrogen functional groups attached to an aromatic ring is 1. The highest BCUT2D eigenvalue weighted by atomic mass is 19.1. The summed E-state index contributed by atoms with van der Waals surface area (Å²) in [5.41, 5.74) is 6.23. The topological polar surface area (TPSA) is 66.6 Å². The van der Waals surface area contributed by atoms with E-state index in [1.54, 1.807) is 11.8 Å². The van der Waals surface area contributed by atoms with Crippen LogP contribution in [0.1, 0.15) is 30.1 Å². The van der Waals surface area contributed by atoms with Crippen LogP contribution in [-0.4, -0.2) is 35.1 Å². The van der Waals surface area contributed by atoms with E-state index in [4.69, 9.17) is 5.73 Å². The minimum absolute atomic E-state index is 0.218. The molecule has 3 N–H and O–H groups in total. The summed E-state index contributed by atoms with van der Waals surface area (Å²) < 4.78 is 13.2. The van der Waals surface area contributed by atoms with Gasteiger partial charge in [0.2, 0.25) is 0 Å². The number of piperidine rings is 1. The Hall–Kier alpha value is -1.62. The third-order valence-electron chi connectivity index (χ3n) is 3.75. The van der Waals surface area contributed by atoms with Crippen molar-refractivity contribution in [3.8, 4) is 0 Å². The maximum absolute atomic E-state index is 13.2. The molecule has 1 atom stereocenters. The zero-order valence-corrected chi connectivity index (χ0v) is 11.0. The number of benzene rings is 1. The van der Waals surface area contributed by atoms with Gasteiger partial charge in [-0.1, -0.05) is 0 Å². The smallest absolute Gasteiger partial charge is 0.256 e.